The Bertz CT molecular complexity index is 722. The largest absolute Gasteiger partial charge is 0.495 e. The number of rotatable bonds is 8. The molecule has 0 bridgehead atoms. The number of anilines is 1. The molecule has 0 unspecified atom stereocenters. The lowest BCUT2D eigenvalue weighted by atomic mass is 10.2. The highest BCUT2D eigenvalue weighted by Crippen LogP contribution is 2.27. The van der Waals surface area contributed by atoms with Gasteiger partial charge in [0, 0.05) is 17.1 Å². The Balaban J connectivity index is 1.98. The van der Waals surface area contributed by atoms with E-state index in [1.165, 1.54) is 0 Å². The predicted molar refractivity (Wildman–Crippen MR) is 101 cm³/mol. The van der Waals surface area contributed by atoms with Crippen LogP contribution in [-0.4, -0.2) is 38.1 Å². The van der Waals surface area contributed by atoms with Crippen LogP contribution in [0.2, 0.25) is 5.02 Å². The van der Waals surface area contributed by atoms with Gasteiger partial charge < -0.3 is 14.8 Å². The second kappa shape index (κ2) is 9.30. The first kappa shape index (κ1) is 19.1. The molecule has 1 N–H and O–H groups in total. The van der Waals surface area contributed by atoms with Crippen molar-refractivity contribution < 1.29 is 14.3 Å². The molecule has 6 heteroatoms. The van der Waals surface area contributed by atoms with Gasteiger partial charge in [-0.15, -0.1) is 0 Å². The molecule has 0 fully saturated rings. The highest BCUT2D eigenvalue weighted by molar-refractivity contribution is 6.31. The number of carbonyl (C=O) groups is 1. The summed E-state index contributed by atoms with van der Waals surface area (Å²) in [5.74, 6) is 1.27. The Labute approximate surface area is 153 Å². The van der Waals surface area contributed by atoms with Gasteiger partial charge in [0.1, 0.15) is 11.5 Å². The molecule has 2 rings (SSSR count). The first-order valence-electron chi connectivity index (χ1n) is 8.06. The first-order valence-corrected chi connectivity index (χ1v) is 8.44. The van der Waals surface area contributed by atoms with Crippen molar-refractivity contribution in [1.29, 1.82) is 0 Å². The number of methoxy groups -OCH3 is 1. The zero-order valence-electron chi connectivity index (χ0n) is 14.7. The van der Waals surface area contributed by atoms with Crippen LogP contribution in [0.4, 0.5) is 5.69 Å². The quantitative estimate of drug-likeness (QED) is 0.775. The highest BCUT2D eigenvalue weighted by atomic mass is 35.5. The van der Waals surface area contributed by atoms with Crippen LogP contribution in [0.15, 0.2) is 42.5 Å². The number of carbonyl (C=O) groups excluding carboxylic acids is 1. The molecule has 5 nitrogen and oxygen atoms in total. The molecule has 0 aromatic heterocycles. The van der Waals surface area contributed by atoms with E-state index in [0.29, 0.717) is 29.6 Å². The van der Waals surface area contributed by atoms with E-state index < -0.39 is 0 Å². The lowest BCUT2D eigenvalue weighted by Crippen LogP contribution is -2.30. The number of hydrogen-bond donors (Lipinski definition) is 1. The molecule has 0 saturated heterocycles. The molecule has 2 aromatic rings. The topological polar surface area (TPSA) is 50.8 Å². The molecule has 0 radical (unpaired) electrons. The van der Waals surface area contributed by atoms with Crippen LogP contribution in [-0.2, 0) is 11.3 Å². The van der Waals surface area contributed by atoms with Gasteiger partial charge in [-0.3, -0.25) is 9.69 Å². The standard InChI is InChI=1S/C19H23ClN2O3/c1-4-25-17-8-6-5-7-14(17)12-22(2)13-19(23)21-16-11-15(20)9-10-18(16)24-3/h5-11H,4,12-13H2,1-3H3,(H,21,23). The Morgan fingerprint density at radius 2 is 1.96 bits per heavy atom. The number of para-hydroxylation sites is 1. The Morgan fingerprint density at radius 1 is 1.20 bits per heavy atom. The second-order valence-electron chi connectivity index (χ2n) is 5.61. The number of likely N-dealkylation sites (N-methyl/N-ethyl adjacent to an activating group) is 1. The molecule has 0 spiro atoms. The van der Waals surface area contributed by atoms with Crippen molar-refractivity contribution in [2.75, 3.05) is 32.6 Å². The minimum atomic E-state index is -0.142. The number of halogens is 1. The summed E-state index contributed by atoms with van der Waals surface area (Å²) in [6.07, 6.45) is 0. The molecule has 0 aliphatic heterocycles. The van der Waals surface area contributed by atoms with Gasteiger partial charge in [-0.25, -0.2) is 0 Å². The van der Waals surface area contributed by atoms with Crippen molar-refractivity contribution >= 4 is 23.2 Å². The molecule has 1 amide bonds. The van der Waals surface area contributed by atoms with Gasteiger partial charge in [0.25, 0.3) is 0 Å². The average molecular weight is 363 g/mol. The molecule has 0 saturated carbocycles. The van der Waals surface area contributed by atoms with E-state index in [1.807, 2.05) is 43.1 Å². The monoisotopic (exact) mass is 362 g/mol. The Hall–Kier alpha value is -2.24. The summed E-state index contributed by atoms with van der Waals surface area (Å²) in [4.78, 5) is 14.2. The summed E-state index contributed by atoms with van der Waals surface area (Å²) >= 11 is 5.99. The lowest BCUT2D eigenvalue weighted by molar-refractivity contribution is -0.117. The van der Waals surface area contributed by atoms with Crippen molar-refractivity contribution in [3.8, 4) is 11.5 Å². The molecule has 0 aliphatic rings. The van der Waals surface area contributed by atoms with Crippen molar-refractivity contribution in [3.05, 3.63) is 53.1 Å². The Kier molecular flexibility index (Phi) is 7.10. The summed E-state index contributed by atoms with van der Waals surface area (Å²) in [6.45, 7) is 3.40. The van der Waals surface area contributed by atoms with Crippen LogP contribution >= 0.6 is 11.6 Å². The number of ether oxygens (including phenoxy) is 2. The van der Waals surface area contributed by atoms with E-state index in [0.717, 1.165) is 11.3 Å². The van der Waals surface area contributed by atoms with E-state index in [2.05, 4.69) is 5.32 Å². The zero-order chi connectivity index (χ0) is 18.2. The third-order valence-electron chi connectivity index (χ3n) is 3.56. The summed E-state index contributed by atoms with van der Waals surface area (Å²) in [5, 5.41) is 3.37. The van der Waals surface area contributed by atoms with Crippen molar-refractivity contribution in [3.63, 3.8) is 0 Å². The molecule has 0 aliphatic carbocycles. The molecular formula is C19H23ClN2O3. The fourth-order valence-corrected chi connectivity index (χ4v) is 2.66. The highest BCUT2D eigenvalue weighted by Gasteiger charge is 2.12. The first-order chi connectivity index (χ1) is 12.0. The maximum absolute atomic E-state index is 12.3. The van der Waals surface area contributed by atoms with Gasteiger partial charge in [-0.2, -0.15) is 0 Å². The van der Waals surface area contributed by atoms with Gasteiger partial charge in [0.2, 0.25) is 5.91 Å². The lowest BCUT2D eigenvalue weighted by Gasteiger charge is -2.19. The third kappa shape index (κ3) is 5.66. The van der Waals surface area contributed by atoms with Crippen molar-refractivity contribution in [1.82, 2.24) is 4.90 Å². The summed E-state index contributed by atoms with van der Waals surface area (Å²) in [7, 11) is 3.44. The van der Waals surface area contributed by atoms with E-state index in [1.54, 1.807) is 25.3 Å². The SMILES string of the molecule is CCOc1ccccc1CN(C)CC(=O)Nc1cc(Cl)ccc1OC. The summed E-state index contributed by atoms with van der Waals surface area (Å²) < 4.78 is 10.9. The van der Waals surface area contributed by atoms with Gasteiger partial charge in [-0.05, 0) is 38.2 Å². The molecule has 25 heavy (non-hydrogen) atoms. The fraction of sp³-hybridized carbons (Fsp3) is 0.316. The van der Waals surface area contributed by atoms with Crippen LogP contribution in [0.3, 0.4) is 0 Å². The Morgan fingerprint density at radius 3 is 2.68 bits per heavy atom. The molecule has 134 valence electrons. The number of amides is 1. The maximum Gasteiger partial charge on any atom is 0.238 e. The number of hydrogen-bond acceptors (Lipinski definition) is 4. The van der Waals surface area contributed by atoms with Gasteiger partial charge >= 0.3 is 0 Å². The van der Waals surface area contributed by atoms with Gasteiger partial charge in [-0.1, -0.05) is 29.8 Å². The minimum absolute atomic E-state index is 0.142. The smallest absolute Gasteiger partial charge is 0.238 e. The van der Waals surface area contributed by atoms with Crippen LogP contribution in [0.25, 0.3) is 0 Å². The van der Waals surface area contributed by atoms with Gasteiger partial charge in [0.15, 0.2) is 0 Å². The second-order valence-corrected chi connectivity index (χ2v) is 6.04. The van der Waals surface area contributed by atoms with E-state index in [4.69, 9.17) is 21.1 Å². The average Bonchev–Trinajstić information content (AvgIpc) is 2.57. The normalized spacial score (nSPS) is 10.6. The van der Waals surface area contributed by atoms with Crippen LogP contribution in [0.1, 0.15) is 12.5 Å². The minimum Gasteiger partial charge on any atom is -0.495 e. The maximum atomic E-state index is 12.3. The molecule has 0 atom stereocenters. The van der Waals surface area contributed by atoms with Crippen molar-refractivity contribution in [2.45, 2.75) is 13.5 Å². The third-order valence-corrected chi connectivity index (χ3v) is 3.80. The van der Waals surface area contributed by atoms with Crippen LogP contribution < -0.4 is 14.8 Å². The fourth-order valence-electron chi connectivity index (χ4n) is 2.49. The van der Waals surface area contributed by atoms with Gasteiger partial charge in [0.05, 0.1) is 25.9 Å². The van der Waals surface area contributed by atoms with E-state index in [9.17, 15) is 4.79 Å². The van der Waals surface area contributed by atoms with Crippen molar-refractivity contribution in [2.24, 2.45) is 0 Å². The summed E-state index contributed by atoms with van der Waals surface area (Å²) in [5.41, 5.74) is 1.60. The summed E-state index contributed by atoms with van der Waals surface area (Å²) in [6, 6.07) is 12.9. The molecule has 0 heterocycles. The number of nitrogens with one attached hydrogen (secondary N) is 1. The zero-order valence-corrected chi connectivity index (χ0v) is 15.5. The van der Waals surface area contributed by atoms with E-state index in [-0.39, 0.29) is 12.5 Å². The molecular weight excluding hydrogens is 340 g/mol. The number of benzene rings is 2. The van der Waals surface area contributed by atoms with E-state index >= 15 is 0 Å². The molecule has 2 aromatic carbocycles. The predicted octanol–water partition coefficient (Wildman–Crippen LogP) is 3.82. The number of nitrogens with zero attached hydrogens (tertiary/aromatic N) is 1. The van der Waals surface area contributed by atoms with Crippen LogP contribution in [0.5, 0.6) is 11.5 Å². The van der Waals surface area contributed by atoms with Crippen LogP contribution in [0, 0.1) is 0 Å².